The molecule has 0 amide bonds. The van der Waals surface area contributed by atoms with Gasteiger partial charge < -0.3 is 10.0 Å². The molecule has 1 aliphatic rings. The number of carboxylic acid groups (broad SMARTS) is 1. The van der Waals surface area contributed by atoms with E-state index in [1.54, 1.807) is 18.5 Å². The first kappa shape index (κ1) is 21.2. The highest BCUT2D eigenvalue weighted by Gasteiger charge is 2.27. The second-order valence-electron chi connectivity index (χ2n) is 8.41. The number of halogens is 3. The maximum absolute atomic E-state index is 14.4. The standard InChI is InChI=1S/C21H22F3N5O2/c1-21(2,24)11-28-7-5-12(6-8-28)29-17-10-25-15(9-16(17)26-27-29)13-3-4-14(20(30)31)19(23)18(13)22/h3-4,9-10,12H,5-8,11H2,1-2H3,(H,30,31). The molecule has 164 valence electrons. The van der Waals surface area contributed by atoms with Gasteiger partial charge in [-0.25, -0.2) is 22.6 Å². The first-order valence-corrected chi connectivity index (χ1v) is 9.98. The van der Waals surface area contributed by atoms with Crippen molar-refractivity contribution in [3.05, 3.63) is 41.6 Å². The number of hydrogen-bond acceptors (Lipinski definition) is 5. The van der Waals surface area contributed by atoms with Gasteiger partial charge in [-0.2, -0.15) is 0 Å². The van der Waals surface area contributed by atoms with Crippen LogP contribution in [-0.2, 0) is 0 Å². The van der Waals surface area contributed by atoms with Gasteiger partial charge in [0.25, 0.3) is 0 Å². The summed E-state index contributed by atoms with van der Waals surface area (Å²) in [6.45, 7) is 5.00. The van der Waals surface area contributed by atoms with E-state index < -0.39 is 28.8 Å². The molecule has 1 fully saturated rings. The molecule has 7 nitrogen and oxygen atoms in total. The van der Waals surface area contributed by atoms with Crippen molar-refractivity contribution in [2.75, 3.05) is 19.6 Å². The first-order valence-electron chi connectivity index (χ1n) is 9.98. The highest BCUT2D eigenvalue weighted by atomic mass is 19.2. The number of fused-ring (bicyclic) bond motifs is 1. The lowest BCUT2D eigenvalue weighted by molar-refractivity contribution is 0.0690. The van der Waals surface area contributed by atoms with Gasteiger partial charge in [-0.1, -0.05) is 5.21 Å². The minimum Gasteiger partial charge on any atom is -0.478 e. The minimum atomic E-state index is -1.55. The Morgan fingerprint density at radius 3 is 2.58 bits per heavy atom. The number of carboxylic acids is 1. The monoisotopic (exact) mass is 433 g/mol. The summed E-state index contributed by atoms with van der Waals surface area (Å²) in [5, 5.41) is 17.3. The fourth-order valence-corrected chi connectivity index (χ4v) is 4.02. The molecule has 1 N–H and O–H groups in total. The van der Waals surface area contributed by atoms with Crippen molar-refractivity contribution in [1.29, 1.82) is 0 Å². The minimum absolute atomic E-state index is 0.0839. The largest absolute Gasteiger partial charge is 0.478 e. The van der Waals surface area contributed by atoms with Crippen LogP contribution in [0.5, 0.6) is 0 Å². The van der Waals surface area contributed by atoms with Crippen molar-refractivity contribution < 1.29 is 23.1 Å². The third kappa shape index (κ3) is 4.25. The molecule has 0 spiro atoms. The molecule has 1 aliphatic heterocycles. The molecule has 31 heavy (non-hydrogen) atoms. The van der Waals surface area contributed by atoms with Crippen molar-refractivity contribution in [2.45, 2.75) is 38.4 Å². The molecule has 10 heteroatoms. The molecule has 0 saturated carbocycles. The molecule has 0 bridgehead atoms. The van der Waals surface area contributed by atoms with E-state index in [0.717, 1.165) is 32.0 Å². The van der Waals surface area contributed by atoms with E-state index in [-0.39, 0.29) is 17.3 Å². The zero-order valence-corrected chi connectivity index (χ0v) is 17.1. The number of nitrogens with zero attached hydrogens (tertiary/aromatic N) is 5. The number of alkyl halides is 1. The number of aromatic carboxylic acids is 1. The number of rotatable bonds is 5. The van der Waals surface area contributed by atoms with Gasteiger partial charge in [0, 0.05) is 25.2 Å². The van der Waals surface area contributed by atoms with Gasteiger partial charge in [-0.3, -0.25) is 4.98 Å². The zero-order chi connectivity index (χ0) is 22.3. The Kier molecular flexibility index (Phi) is 5.42. The molecule has 4 rings (SSSR count). The summed E-state index contributed by atoms with van der Waals surface area (Å²) in [7, 11) is 0. The van der Waals surface area contributed by atoms with Crippen LogP contribution in [0.4, 0.5) is 13.2 Å². The van der Waals surface area contributed by atoms with Crippen LogP contribution in [0.25, 0.3) is 22.3 Å². The van der Waals surface area contributed by atoms with Crippen LogP contribution in [0.1, 0.15) is 43.1 Å². The van der Waals surface area contributed by atoms with Gasteiger partial charge in [0.2, 0.25) is 0 Å². The summed E-state index contributed by atoms with van der Waals surface area (Å²) in [5.74, 6) is -4.25. The van der Waals surface area contributed by atoms with E-state index in [1.165, 1.54) is 18.3 Å². The average molecular weight is 433 g/mol. The molecule has 1 aromatic carbocycles. The quantitative estimate of drug-likeness (QED) is 0.658. The number of likely N-dealkylation sites (tertiary alicyclic amines) is 1. The van der Waals surface area contributed by atoms with E-state index in [0.29, 0.717) is 17.6 Å². The first-order chi connectivity index (χ1) is 14.6. The lowest BCUT2D eigenvalue weighted by atomic mass is 10.0. The second-order valence-corrected chi connectivity index (χ2v) is 8.41. The predicted octanol–water partition coefficient (Wildman–Crippen LogP) is 3.85. The maximum atomic E-state index is 14.4. The van der Waals surface area contributed by atoms with Gasteiger partial charge >= 0.3 is 5.97 Å². The van der Waals surface area contributed by atoms with E-state index >= 15 is 0 Å². The summed E-state index contributed by atoms with van der Waals surface area (Å²) in [4.78, 5) is 17.3. The van der Waals surface area contributed by atoms with Gasteiger partial charge in [-0.15, -0.1) is 5.10 Å². The van der Waals surface area contributed by atoms with E-state index in [9.17, 15) is 18.0 Å². The van der Waals surface area contributed by atoms with Crippen molar-refractivity contribution in [1.82, 2.24) is 24.9 Å². The fourth-order valence-electron chi connectivity index (χ4n) is 4.02. The number of benzene rings is 1. The molecule has 0 aliphatic carbocycles. The van der Waals surface area contributed by atoms with E-state index in [2.05, 4.69) is 20.2 Å². The highest BCUT2D eigenvalue weighted by Crippen LogP contribution is 2.30. The zero-order valence-electron chi connectivity index (χ0n) is 17.1. The average Bonchev–Trinajstić information content (AvgIpc) is 3.12. The van der Waals surface area contributed by atoms with E-state index in [4.69, 9.17) is 5.11 Å². The topological polar surface area (TPSA) is 84.1 Å². The van der Waals surface area contributed by atoms with Crippen LogP contribution in [0, 0.1) is 11.6 Å². The van der Waals surface area contributed by atoms with Crippen LogP contribution in [0.2, 0.25) is 0 Å². The Hall–Kier alpha value is -3.01. The predicted molar refractivity (Wildman–Crippen MR) is 108 cm³/mol. The molecule has 1 saturated heterocycles. The smallest absolute Gasteiger partial charge is 0.338 e. The van der Waals surface area contributed by atoms with E-state index in [1.807, 2.05) is 0 Å². The van der Waals surface area contributed by atoms with Crippen LogP contribution in [0.3, 0.4) is 0 Å². The molecule has 0 radical (unpaired) electrons. The lowest BCUT2D eigenvalue weighted by Crippen LogP contribution is -2.41. The summed E-state index contributed by atoms with van der Waals surface area (Å²) in [6, 6.07) is 3.77. The van der Waals surface area contributed by atoms with Crippen LogP contribution >= 0.6 is 0 Å². The van der Waals surface area contributed by atoms with Crippen LogP contribution < -0.4 is 0 Å². The maximum Gasteiger partial charge on any atom is 0.338 e. The Morgan fingerprint density at radius 1 is 1.23 bits per heavy atom. The summed E-state index contributed by atoms with van der Waals surface area (Å²) >= 11 is 0. The molecule has 2 aromatic heterocycles. The highest BCUT2D eigenvalue weighted by molar-refractivity contribution is 5.89. The molecular formula is C21H22F3N5O2. The molecule has 3 aromatic rings. The number of pyridine rings is 1. The molecule has 0 atom stereocenters. The van der Waals surface area contributed by atoms with Crippen molar-refractivity contribution in [3.63, 3.8) is 0 Å². The van der Waals surface area contributed by atoms with Gasteiger partial charge in [0.15, 0.2) is 11.6 Å². The van der Waals surface area contributed by atoms with Gasteiger partial charge in [-0.05, 0) is 44.9 Å². The Bertz CT molecular complexity index is 1130. The normalized spacial score (nSPS) is 16.2. The Labute approximate surface area is 176 Å². The molecule has 0 unspecified atom stereocenters. The number of hydrogen-bond donors (Lipinski definition) is 1. The molecular weight excluding hydrogens is 411 g/mol. The third-order valence-corrected chi connectivity index (χ3v) is 5.45. The van der Waals surface area contributed by atoms with Crippen molar-refractivity contribution >= 4 is 17.0 Å². The van der Waals surface area contributed by atoms with Crippen molar-refractivity contribution in [3.8, 4) is 11.3 Å². The second kappa shape index (κ2) is 7.92. The number of aromatic nitrogens is 4. The van der Waals surface area contributed by atoms with Crippen LogP contribution in [-0.4, -0.2) is 61.3 Å². The van der Waals surface area contributed by atoms with Crippen molar-refractivity contribution in [2.24, 2.45) is 0 Å². The van der Waals surface area contributed by atoms with Gasteiger partial charge in [0.05, 0.1) is 23.5 Å². The Balaban J connectivity index is 1.57. The number of piperidine rings is 1. The Morgan fingerprint density at radius 2 is 1.94 bits per heavy atom. The number of carbonyl (C=O) groups is 1. The fraction of sp³-hybridized carbons (Fsp3) is 0.429. The molecule has 3 heterocycles. The third-order valence-electron chi connectivity index (χ3n) is 5.45. The van der Waals surface area contributed by atoms with Gasteiger partial charge in [0.1, 0.15) is 16.7 Å². The summed E-state index contributed by atoms with van der Waals surface area (Å²) in [5.41, 5.74) is -0.870. The van der Waals surface area contributed by atoms with Crippen LogP contribution in [0.15, 0.2) is 24.4 Å². The lowest BCUT2D eigenvalue weighted by Gasteiger charge is -2.34. The summed E-state index contributed by atoms with van der Waals surface area (Å²) < 4.78 is 44.1. The summed E-state index contributed by atoms with van der Waals surface area (Å²) in [6.07, 6.45) is 3.07. The SMILES string of the molecule is CC(C)(F)CN1CCC(n2nnc3cc(-c4ccc(C(=O)O)c(F)c4F)ncc32)CC1.